The van der Waals surface area contributed by atoms with E-state index in [9.17, 15) is 9.59 Å². The molecule has 0 unspecified atom stereocenters. The van der Waals surface area contributed by atoms with E-state index in [1.807, 2.05) is 30.3 Å². The van der Waals surface area contributed by atoms with E-state index >= 15 is 0 Å². The lowest BCUT2D eigenvalue weighted by atomic mass is 9.97. The number of hydrogen-bond donors (Lipinski definition) is 3. The first kappa shape index (κ1) is 13.5. The Morgan fingerprint density at radius 1 is 1.14 bits per heavy atom. The molecule has 106 valence electrons. The van der Waals surface area contributed by atoms with Crippen molar-refractivity contribution in [3.8, 4) is 11.1 Å². The summed E-state index contributed by atoms with van der Waals surface area (Å²) in [6.07, 6.45) is 0. The molecule has 6 heteroatoms. The second-order valence-electron chi connectivity index (χ2n) is 4.71. The number of urea groups is 1. The quantitative estimate of drug-likeness (QED) is 0.744. The third kappa shape index (κ3) is 2.34. The Labute approximate surface area is 127 Å². The molecule has 1 aliphatic heterocycles. The van der Waals surface area contributed by atoms with Gasteiger partial charge in [-0.25, -0.2) is 9.10 Å². The molecule has 0 radical (unpaired) electrons. The summed E-state index contributed by atoms with van der Waals surface area (Å²) >= 11 is 4.02. The van der Waals surface area contributed by atoms with Crippen LogP contribution in [0.15, 0.2) is 42.5 Å². The van der Waals surface area contributed by atoms with Crippen molar-refractivity contribution in [3.05, 3.63) is 53.6 Å². The molecule has 0 saturated heterocycles. The number of primary amides is 1. The number of amides is 3. The molecule has 1 heterocycles. The lowest BCUT2D eigenvalue weighted by Gasteiger charge is -2.13. The number of fused-ring (bicyclic) bond motifs is 1. The van der Waals surface area contributed by atoms with Crippen LogP contribution in [0, 0.1) is 0 Å². The van der Waals surface area contributed by atoms with Gasteiger partial charge in [0.05, 0.1) is 5.69 Å². The lowest BCUT2D eigenvalue weighted by molar-refractivity contribution is 0.0965. The second kappa shape index (κ2) is 5.14. The maximum Gasteiger partial charge on any atom is 0.329 e. The number of carbonyl (C=O) groups excluding carboxylic acids is 2. The highest BCUT2D eigenvalue weighted by atomic mass is 32.1. The van der Waals surface area contributed by atoms with Crippen molar-refractivity contribution in [2.75, 3.05) is 4.31 Å². The summed E-state index contributed by atoms with van der Waals surface area (Å²) in [4.78, 5) is 22.8. The number of anilines is 1. The molecular formula is C15H13N3O2S. The first-order valence-corrected chi connectivity index (χ1v) is 6.77. The second-order valence-corrected chi connectivity index (χ2v) is 5.11. The molecule has 0 aromatic heterocycles. The monoisotopic (exact) mass is 299 g/mol. The van der Waals surface area contributed by atoms with Crippen LogP contribution in [0.5, 0.6) is 0 Å². The Morgan fingerprint density at radius 3 is 2.48 bits per heavy atom. The van der Waals surface area contributed by atoms with Crippen molar-refractivity contribution in [2.45, 2.75) is 6.54 Å². The Balaban J connectivity index is 1.99. The fourth-order valence-corrected chi connectivity index (χ4v) is 2.57. The van der Waals surface area contributed by atoms with E-state index in [1.165, 1.54) is 0 Å². The summed E-state index contributed by atoms with van der Waals surface area (Å²) in [6, 6.07) is 12.3. The molecule has 0 spiro atoms. The van der Waals surface area contributed by atoms with E-state index in [2.05, 4.69) is 18.1 Å². The Kier molecular flexibility index (Phi) is 3.31. The van der Waals surface area contributed by atoms with Crippen LogP contribution in [0.1, 0.15) is 15.9 Å². The van der Waals surface area contributed by atoms with E-state index in [4.69, 9.17) is 5.73 Å². The molecule has 21 heavy (non-hydrogen) atoms. The molecule has 1 aliphatic rings. The molecule has 5 nitrogen and oxygen atoms in total. The van der Waals surface area contributed by atoms with Crippen LogP contribution in [0.25, 0.3) is 11.1 Å². The topological polar surface area (TPSA) is 75.4 Å². The van der Waals surface area contributed by atoms with E-state index in [1.54, 1.807) is 12.1 Å². The first-order valence-electron chi connectivity index (χ1n) is 6.37. The fraction of sp³-hybridized carbons (Fsp3) is 0.0667. The van der Waals surface area contributed by atoms with Gasteiger partial charge < -0.3 is 11.1 Å². The summed E-state index contributed by atoms with van der Waals surface area (Å²) in [6.45, 7) is 0.534. The van der Waals surface area contributed by atoms with Gasteiger partial charge in [-0.3, -0.25) is 4.79 Å². The molecule has 0 fully saturated rings. The van der Waals surface area contributed by atoms with Crippen LogP contribution in [0.4, 0.5) is 10.5 Å². The molecule has 2 aromatic rings. The first-order chi connectivity index (χ1) is 10.1. The van der Waals surface area contributed by atoms with Crippen molar-refractivity contribution in [1.29, 1.82) is 0 Å². The molecule has 0 aliphatic carbocycles. The van der Waals surface area contributed by atoms with Crippen molar-refractivity contribution >= 4 is 30.4 Å². The van der Waals surface area contributed by atoms with Crippen molar-refractivity contribution in [2.24, 2.45) is 5.73 Å². The Morgan fingerprint density at radius 2 is 1.81 bits per heavy atom. The maximum atomic E-state index is 11.7. The lowest BCUT2D eigenvalue weighted by Crippen LogP contribution is -2.27. The summed E-state index contributed by atoms with van der Waals surface area (Å²) in [5.41, 5.74) is 9.44. The third-order valence-corrected chi connectivity index (χ3v) is 3.91. The van der Waals surface area contributed by atoms with Gasteiger partial charge in [-0.1, -0.05) is 37.1 Å². The number of nitrogens with zero attached hydrogens (tertiary/aromatic N) is 1. The number of benzene rings is 2. The minimum Gasteiger partial charge on any atom is -0.350 e. The summed E-state index contributed by atoms with van der Waals surface area (Å²) in [5.74, 6) is -0.0428. The van der Waals surface area contributed by atoms with E-state index < -0.39 is 6.03 Å². The van der Waals surface area contributed by atoms with Crippen LogP contribution in [0.3, 0.4) is 0 Å². The molecule has 0 saturated carbocycles. The average molecular weight is 299 g/mol. The fourth-order valence-electron chi connectivity index (χ4n) is 2.43. The largest absolute Gasteiger partial charge is 0.350 e. The van der Waals surface area contributed by atoms with Gasteiger partial charge in [0.2, 0.25) is 0 Å². The highest BCUT2D eigenvalue weighted by Crippen LogP contribution is 2.30. The van der Waals surface area contributed by atoms with Gasteiger partial charge in [-0.2, -0.15) is 0 Å². The van der Waals surface area contributed by atoms with Crippen LogP contribution < -0.4 is 15.4 Å². The molecule has 0 bridgehead atoms. The van der Waals surface area contributed by atoms with Crippen LogP contribution in [-0.4, -0.2) is 11.9 Å². The normalized spacial score (nSPS) is 12.7. The van der Waals surface area contributed by atoms with Crippen molar-refractivity contribution < 1.29 is 9.59 Å². The molecule has 3 N–H and O–H groups in total. The average Bonchev–Trinajstić information content (AvgIpc) is 2.88. The van der Waals surface area contributed by atoms with Crippen molar-refractivity contribution in [3.63, 3.8) is 0 Å². The maximum absolute atomic E-state index is 11.7. The number of rotatable bonds is 2. The van der Waals surface area contributed by atoms with Crippen LogP contribution in [-0.2, 0) is 6.54 Å². The summed E-state index contributed by atoms with van der Waals surface area (Å²) < 4.78 is 1.07. The molecule has 0 atom stereocenters. The number of nitrogens with one attached hydrogen (secondary N) is 1. The highest BCUT2D eigenvalue weighted by Gasteiger charge is 2.21. The molecule has 3 rings (SSSR count). The highest BCUT2D eigenvalue weighted by molar-refractivity contribution is 7.82. The van der Waals surface area contributed by atoms with Gasteiger partial charge in [-0.15, -0.1) is 0 Å². The summed E-state index contributed by atoms with van der Waals surface area (Å²) in [7, 11) is 0. The number of thiol groups is 1. The molecular weight excluding hydrogens is 286 g/mol. The Hall–Kier alpha value is -2.47. The van der Waals surface area contributed by atoms with E-state index in [0.29, 0.717) is 17.8 Å². The predicted octanol–water partition coefficient (Wildman–Crippen LogP) is 2.33. The van der Waals surface area contributed by atoms with Crippen LogP contribution >= 0.6 is 12.8 Å². The zero-order valence-electron chi connectivity index (χ0n) is 11.0. The van der Waals surface area contributed by atoms with Gasteiger partial charge in [0, 0.05) is 12.1 Å². The number of nitrogens with two attached hydrogens (primary N) is 1. The standard InChI is InChI=1S/C15H13N3O2S/c16-15(20)18(21)10-6-4-9(5-7-10)11-2-1-3-12-13(11)8-17-14(12)19/h1-7,21H,8H2,(H2,16,20)(H,17,19). The SMILES string of the molecule is NC(=O)N(S)c1ccc(-c2cccc3c2CNC3=O)cc1. The molecule has 2 aromatic carbocycles. The zero-order valence-corrected chi connectivity index (χ0v) is 11.9. The van der Waals surface area contributed by atoms with Crippen molar-refractivity contribution in [1.82, 2.24) is 5.32 Å². The van der Waals surface area contributed by atoms with Gasteiger partial charge in [0.25, 0.3) is 5.91 Å². The minimum absolute atomic E-state index is 0.0428. The van der Waals surface area contributed by atoms with Gasteiger partial charge in [0.1, 0.15) is 0 Å². The smallest absolute Gasteiger partial charge is 0.329 e. The van der Waals surface area contributed by atoms with E-state index in [-0.39, 0.29) is 5.91 Å². The van der Waals surface area contributed by atoms with Gasteiger partial charge >= 0.3 is 6.03 Å². The predicted molar refractivity (Wildman–Crippen MR) is 84.1 cm³/mol. The minimum atomic E-state index is -0.638. The van der Waals surface area contributed by atoms with E-state index in [0.717, 1.165) is 21.0 Å². The zero-order chi connectivity index (χ0) is 15.0. The Bertz CT molecular complexity index is 728. The molecule has 3 amide bonds. The van der Waals surface area contributed by atoms with Gasteiger partial charge in [-0.05, 0) is 34.9 Å². The summed E-state index contributed by atoms with van der Waals surface area (Å²) in [5, 5.41) is 2.82. The van der Waals surface area contributed by atoms with Gasteiger partial charge in [0.15, 0.2) is 0 Å². The number of carbonyl (C=O) groups is 2. The third-order valence-electron chi connectivity index (χ3n) is 3.48. The van der Waals surface area contributed by atoms with Crippen LogP contribution in [0.2, 0.25) is 0 Å². The number of hydrogen-bond acceptors (Lipinski definition) is 3.